The molecule has 0 bridgehead atoms. The van der Waals surface area contributed by atoms with E-state index in [1.54, 1.807) is 25.2 Å². The van der Waals surface area contributed by atoms with E-state index < -0.39 is 0 Å². The van der Waals surface area contributed by atoms with Gasteiger partial charge >= 0.3 is 0 Å². The minimum absolute atomic E-state index is 0.173. The molecule has 30 heavy (non-hydrogen) atoms. The van der Waals surface area contributed by atoms with Crippen LogP contribution in [-0.4, -0.2) is 39.4 Å². The highest BCUT2D eigenvalue weighted by atomic mass is 32.2. The Morgan fingerprint density at radius 2 is 1.83 bits per heavy atom. The number of rotatable bonds is 6. The monoisotopic (exact) mass is 423 g/mol. The van der Waals surface area contributed by atoms with Crippen LogP contribution in [0.25, 0.3) is 5.69 Å². The first kappa shape index (κ1) is 21.6. The Hall–Kier alpha value is -3.13. The molecule has 2 aromatic carbocycles. The summed E-state index contributed by atoms with van der Waals surface area (Å²) in [5, 5.41) is 14.6. The van der Waals surface area contributed by atoms with E-state index in [0.717, 1.165) is 28.2 Å². The molecule has 156 valence electrons. The lowest BCUT2D eigenvalue weighted by Gasteiger charge is -2.13. The van der Waals surface area contributed by atoms with Gasteiger partial charge in [0.1, 0.15) is 5.82 Å². The molecule has 0 saturated heterocycles. The number of aryl methyl sites for hydroxylation is 3. The van der Waals surface area contributed by atoms with Gasteiger partial charge in [-0.15, -0.1) is 10.2 Å². The lowest BCUT2D eigenvalue weighted by Crippen LogP contribution is -2.21. The van der Waals surface area contributed by atoms with Crippen LogP contribution in [0.5, 0.6) is 0 Å². The van der Waals surface area contributed by atoms with E-state index >= 15 is 0 Å². The van der Waals surface area contributed by atoms with E-state index in [1.165, 1.54) is 11.8 Å². The molecule has 0 fully saturated rings. The number of nitrogens with zero attached hydrogens (tertiary/aromatic N) is 3. The minimum Gasteiger partial charge on any atom is -0.355 e. The Labute approximate surface area is 180 Å². The van der Waals surface area contributed by atoms with E-state index in [4.69, 9.17) is 0 Å². The summed E-state index contributed by atoms with van der Waals surface area (Å²) in [5.41, 5.74) is 5.14. The zero-order chi connectivity index (χ0) is 21.8. The number of anilines is 1. The highest BCUT2D eigenvalue weighted by Crippen LogP contribution is 2.25. The fourth-order valence-corrected chi connectivity index (χ4v) is 3.93. The van der Waals surface area contributed by atoms with E-state index in [0.29, 0.717) is 16.4 Å². The molecular weight excluding hydrogens is 398 g/mol. The summed E-state index contributed by atoms with van der Waals surface area (Å²) < 4.78 is 1.97. The number of carbonyl (C=O) groups excluding carboxylic acids is 2. The predicted octanol–water partition coefficient (Wildman–Crippen LogP) is 3.59. The van der Waals surface area contributed by atoms with Crippen molar-refractivity contribution in [1.82, 2.24) is 20.1 Å². The van der Waals surface area contributed by atoms with Crippen LogP contribution in [-0.2, 0) is 4.79 Å². The highest BCUT2D eigenvalue weighted by Gasteiger charge is 2.16. The Bertz CT molecular complexity index is 1110. The first-order valence-electron chi connectivity index (χ1n) is 9.55. The molecule has 1 heterocycles. The van der Waals surface area contributed by atoms with Crippen molar-refractivity contribution in [2.24, 2.45) is 0 Å². The number of hydrogen-bond donors (Lipinski definition) is 2. The third kappa shape index (κ3) is 4.54. The molecule has 2 amide bonds. The zero-order valence-corrected chi connectivity index (χ0v) is 18.6. The number of aromatic nitrogens is 3. The van der Waals surface area contributed by atoms with Gasteiger partial charge < -0.3 is 10.6 Å². The topological polar surface area (TPSA) is 88.9 Å². The molecule has 8 heteroatoms. The van der Waals surface area contributed by atoms with Crippen LogP contribution in [0.2, 0.25) is 0 Å². The van der Waals surface area contributed by atoms with Crippen molar-refractivity contribution in [1.29, 1.82) is 0 Å². The lowest BCUT2D eigenvalue weighted by atomic mass is 10.1. The van der Waals surface area contributed by atoms with Gasteiger partial charge in [0.25, 0.3) is 5.91 Å². The van der Waals surface area contributed by atoms with Crippen LogP contribution in [0.3, 0.4) is 0 Å². The maximum atomic E-state index is 12.6. The summed E-state index contributed by atoms with van der Waals surface area (Å²) in [7, 11) is 1.58. The number of carbonyl (C=O) groups is 2. The van der Waals surface area contributed by atoms with Crippen molar-refractivity contribution in [2.75, 3.05) is 18.1 Å². The fraction of sp³-hybridized carbons (Fsp3) is 0.273. The van der Waals surface area contributed by atoms with Gasteiger partial charge in [0.05, 0.1) is 11.4 Å². The van der Waals surface area contributed by atoms with Crippen LogP contribution in [0.4, 0.5) is 5.69 Å². The molecule has 0 saturated carbocycles. The Morgan fingerprint density at radius 1 is 1.07 bits per heavy atom. The van der Waals surface area contributed by atoms with Crippen LogP contribution in [0, 0.1) is 27.7 Å². The molecule has 0 atom stereocenters. The second-order valence-electron chi connectivity index (χ2n) is 7.05. The molecule has 0 aliphatic carbocycles. The summed E-state index contributed by atoms with van der Waals surface area (Å²) >= 11 is 1.32. The van der Waals surface area contributed by atoms with E-state index in [2.05, 4.69) is 39.0 Å². The quantitative estimate of drug-likeness (QED) is 0.592. The molecule has 3 aromatic rings. The predicted molar refractivity (Wildman–Crippen MR) is 119 cm³/mol. The first-order chi connectivity index (χ1) is 14.3. The van der Waals surface area contributed by atoms with Gasteiger partial charge in [0, 0.05) is 18.3 Å². The van der Waals surface area contributed by atoms with Crippen molar-refractivity contribution in [2.45, 2.75) is 32.9 Å². The smallest absolute Gasteiger partial charge is 0.251 e. The number of hydrogen-bond acceptors (Lipinski definition) is 5. The first-order valence-corrected chi connectivity index (χ1v) is 10.5. The average molecular weight is 424 g/mol. The minimum atomic E-state index is -0.185. The van der Waals surface area contributed by atoms with Crippen molar-refractivity contribution in [3.05, 3.63) is 64.5 Å². The molecular formula is C22H25N5O2S. The van der Waals surface area contributed by atoms with Gasteiger partial charge in [-0.3, -0.25) is 14.2 Å². The highest BCUT2D eigenvalue weighted by molar-refractivity contribution is 7.99. The van der Waals surface area contributed by atoms with E-state index in [1.807, 2.05) is 32.3 Å². The molecule has 7 nitrogen and oxygen atoms in total. The van der Waals surface area contributed by atoms with Crippen LogP contribution < -0.4 is 10.6 Å². The van der Waals surface area contributed by atoms with Crippen molar-refractivity contribution < 1.29 is 9.59 Å². The molecule has 0 aliphatic rings. The van der Waals surface area contributed by atoms with E-state index in [-0.39, 0.29) is 17.6 Å². The van der Waals surface area contributed by atoms with Gasteiger partial charge in [-0.25, -0.2) is 0 Å². The van der Waals surface area contributed by atoms with Gasteiger partial charge in [-0.05, 0) is 62.6 Å². The Morgan fingerprint density at radius 3 is 2.57 bits per heavy atom. The lowest BCUT2D eigenvalue weighted by molar-refractivity contribution is -0.113. The molecule has 0 radical (unpaired) electrons. The molecule has 0 unspecified atom stereocenters. The second-order valence-corrected chi connectivity index (χ2v) is 7.99. The summed E-state index contributed by atoms with van der Waals surface area (Å²) in [4.78, 5) is 24.5. The van der Waals surface area contributed by atoms with Gasteiger partial charge in [-0.1, -0.05) is 30.0 Å². The second kappa shape index (κ2) is 9.13. The van der Waals surface area contributed by atoms with Crippen molar-refractivity contribution >= 4 is 29.3 Å². The maximum absolute atomic E-state index is 12.6. The standard InChI is InChI=1S/C22H25N5O2S/c1-13-9-10-14(2)19(11-13)27-16(4)25-26-22(27)30-12-20(28)24-18-8-6-7-17(15(18)3)21(29)23-5/h6-11H,12H2,1-5H3,(H,23,29)(H,24,28). The van der Waals surface area contributed by atoms with Crippen LogP contribution in [0.1, 0.15) is 32.9 Å². The fourth-order valence-electron chi connectivity index (χ4n) is 3.14. The largest absolute Gasteiger partial charge is 0.355 e. The molecule has 0 spiro atoms. The normalized spacial score (nSPS) is 10.7. The average Bonchev–Trinajstić information content (AvgIpc) is 3.09. The summed E-state index contributed by atoms with van der Waals surface area (Å²) in [6.07, 6.45) is 0. The molecule has 2 N–H and O–H groups in total. The number of nitrogens with one attached hydrogen (secondary N) is 2. The number of thioether (sulfide) groups is 1. The van der Waals surface area contributed by atoms with Gasteiger partial charge in [0.2, 0.25) is 5.91 Å². The van der Waals surface area contributed by atoms with Gasteiger partial charge in [-0.2, -0.15) is 0 Å². The molecule has 1 aromatic heterocycles. The van der Waals surface area contributed by atoms with Gasteiger partial charge in [0.15, 0.2) is 5.16 Å². The van der Waals surface area contributed by atoms with Crippen LogP contribution >= 0.6 is 11.8 Å². The Balaban J connectivity index is 1.76. The number of amides is 2. The third-order valence-corrected chi connectivity index (χ3v) is 5.74. The summed E-state index contributed by atoms with van der Waals surface area (Å²) in [5.74, 6) is 0.577. The van der Waals surface area contributed by atoms with Crippen molar-refractivity contribution in [3.8, 4) is 5.69 Å². The molecule has 3 rings (SSSR count). The molecule has 0 aliphatic heterocycles. The number of benzene rings is 2. The maximum Gasteiger partial charge on any atom is 0.251 e. The summed E-state index contributed by atoms with van der Waals surface area (Å²) in [6.45, 7) is 7.79. The van der Waals surface area contributed by atoms with Crippen LogP contribution in [0.15, 0.2) is 41.6 Å². The Kier molecular flexibility index (Phi) is 6.56. The zero-order valence-electron chi connectivity index (χ0n) is 17.7. The SMILES string of the molecule is CNC(=O)c1cccc(NC(=O)CSc2nnc(C)n2-c2cc(C)ccc2C)c1C. The van der Waals surface area contributed by atoms with Crippen molar-refractivity contribution in [3.63, 3.8) is 0 Å². The summed E-state index contributed by atoms with van der Waals surface area (Å²) in [6, 6.07) is 11.5. The van der Waals surface area contributed by atoms with E-state index in [9.17, 15) is 9.59 Å². The third-order valence-electron chi connectivity index (χ3n) is 4.81.